The minimum Gasteiger partial charge on any atom is -0.504 e. The van der Waals surface area contributed by atoms with Crippen molar-refractivity contribution < 1.29 is 9.50 Å². The van der Waals surface area contributed by atoms with E-state index in [-0.39, 0.29) is 11.3 Å². The highest BCUT2D eigenvalue weighted by molar-refractivity contribution is 6.16. The van der Waals surface area contributed by atoms with Gasteiger partial charge in [0.2, 0.25) is 0 Å². The number of fused-ring (bicyclic) bond motifs is 1. The maximum atomic E-state index is 14.4. The van der Waals surface area contributed by atoms with Crippen molar-refractivity contribution in [3.8, 4) is 0 Å². The molecule has 0 atom stereocenters. The summed E-state index contributed by atoms with van der Waals surface area (Å²) in [6.07, 6.45) is 6.83. The Hall–Kier alpha value is -3.26. The zero-order valence-electron chi connectivity index (χ0n) is 18.0. The summed E-state index contributed by atoms with van der Waals surface area (Å²) in [5, 5.41) is 20.9. The van der Waals surface area contributed by atoms with Gasteiger partial charge in [0.15, 0.2) is 11.6 Å². The maximum absolute atomic E-state index is 14.4. The summed E-state index contributed by atoms with van der Waals surface area (Å²) in [6, 6.07) is 6.58. The summed E-state index contributed by atoms with van der Waals surface area (Å²) in [5.41, 5.74) is 3.05. The molecule has 0 unspecified atom stereocenters. The van der Waals surface area contributed by atoms with E-state index in [1.165, 1.54) is 18.5 Å². The van der Waals surface area contributed by atoms with Gasteiger partial charge in [-0.15, -0.1) is 0 Å². The number of hydrogen-bond donors (Lipinski definition) is 3. The van der Waals surface area contributed by atoms with Gasteiger partial charge in [-0.3, -0.25) is 10.4 Å². The van der Waals surface area contributed by atoms with Gasteiger partial charge in [-0.05, 0) is 51.2 Å². The second kappa shape index (κ2) is 8.47. The molecule has 2 aliphatic rings. The molecule has 0 spiro atoms. The molecule has 2 aromatic rings. The SMILES string of the molecule is CN/C=C1/C=C(c2cnc3cc(N4CCC(N(C)C)CC4)ccc3n2)C(O)=C(F)C1=N. The van der Waals surface area contributed by atoms with Crippen LogP contribution in [-0.4, -0.2) is 66.0 Å². The monoisotopic (exact) mass is 422 g/mol. The van der Waals surface area contributed by atoms with Crippen LogP contribution in [0.15, 0.2) is 53.8 Å². The quantitative estimate of drug-likeness (QED) is 0.700. The van der Waals surface area contributed by atoms with Crippen molar-refractivity contribution in [1.29, 1.82) is 5.41 Å². The fourth-order valence-corrected chi connectivity index (χ4v) is 4.09. The Labute approximate surface area is 181 Å². The largest absolute Gasteiger partial charge is 0.504 e. The second-order valence-electron chi connectivity index (χ2n) is 8.09. The molecule has 0 saturated carbocycles. The van der Waals surface area contributed by atoms with E-state index in [1.807, 2.05) is 18.2 Å². The predicted octanol–water partition coefficient (Wildman–Crippen LogP) is 3.42. The molecule has 1 fully saturated rings. The third kappa shape index (κ3) is 4.03. The van der Waals surface area contributed by atoms with Gasteiger partial charge in [0.05, 0.1) is 22.9 Å². The summed E-state index contributed by atoms with van der Waals surface area (Å²) in [6.45, 7) is 1.99. The molecule has 7 nitrogen and oxygen atoms in total. The molecule has 1 saturated heterocycles. The van der Waals surface area contributed by atoms with Crippen LogP contribution in [-0.2, 0) is 0 Å². The van der Waals surface area contributed by atoms with Crippen LogP contribution in [0.25, 0.3) is 16.6 Å². The van der Waals surface area contributed by atoms with E-state index in [9.17, 15) is 9.50 Å². The molecule has 1 aliphatic heterocycles. The van der Waals surface area contributed by atoms with Crippen molar-refractivity contribution in [2.45, 2.75) is 18.9 Å². The lowest BCUT2D eigenvalue weighted by molar-refractivity contribution is 0.249. The minimum atomic E-state index is -0.975. The van der Waals surface area contributed by atoms with Gasteiger partial charge in [-0.2, -0.15) is 0 Å². The molecule has 2 heterocycles. The van der Waals surface area contributed by atoms with Crippen LogP contribution in [0.4, 0.5) is 10.1 Å². The Bertz CT molecular complexity index is 1110. The minimum absolute atomic E-state index is 0.208. The van der Waals surface area contributed by atoms with E-state index in [0.717, 1.165) is 37.1 Å². The Morgan fingerprint density at radius 3 is 2.68 bits per heavy atom. The second-order valence-corrected chi connectivity index (χ2v) is 8.09. The van der Waals surface area contributed by atoms with E-state index in [2.05, 4.69) is 39.2 Å². The number of aliphatic hydroxyl groups is 1. The van der Waals surface area contributed by atoms with Gasteiger partial charge in [0.1, 0.15) is 5.71 Å². The average molecular weight is 423 g/mol. The molecule has 31 heavy (non-hydrogen) atoms. The number of nitrogens with one attached hydrogen (secondary N) is 2. The lowest BCUT2D eigenvalue weighted by atomic mass is 9.96. The number of nitrogens with zero attached hydrogens (tertiary/aromatic N) is 4. The van der Waals surface area contributed by atoms with Gasteiger partial charge >= 0.3 is 0 Å². The van der Waals surface area contributed by atoms with Crippen molar-refractivity contribution in [1.82, 2.24) is 20.2 Å². The lowest BCUT2D eigenvalue weighted by Gasteiger charge is -2.36. The first-order valence-electron chi connectivity index (χ1n) is 10.3. The van der Waals surface area contributed by atoms with E-state index >= 15 is 0 Å². The van der Waals surface area contributed by atoms with E-state index < -0.39 is 11.6 Å². The van der Waals surface area contributed by atoms with Crippen LogP contribution < -0.4 is 10.2 Å². The number of benzene rings is 1. The Morgan fingerprint density at radius 2 is 2.00 bits per heavy atom. The third-order valence-corrected chi connectivity index (χ3v) is 5.93. The summed E-state index contributed by atoms with van der Waals surface area (Å²) in [7, 11) is 5.93. The molecule has 1 aromatic heterocycles. The Balaban J connectivity index is 1.63. The van der Waals surface area contributed by atoms with Crippen LogP contribution in [0.2, 0.25) is 0 Å². The van der Waals surface area contributed by atoms with E-state index in [1.54, 1.807) is 7.05 Å². The van der Waals surface area contributed by atoms with Crippen LogP contribution in [0.3, 0.4) is 0 Å². The van der Waals surface area contributed by atoms with Gasteiger partial charge in [-0.25, -0.2) is 9.37 Å². The normalized spacial score (nSPS) is 19.5. The molecule has 1 aliphatic carbocycles. The number of piperidine rings is 1. The summed E-state index contributed by atoms with van der Waals surface area (Å²) >= 11 is 0. The molecule has 0 radical (unpaired) electrons. The standard InChI is InChI=1S/C23H27FN6O/c1-26-12-14-10-17(23(31)21(24)22(14)25)20-13-27-19-11-16(4-5-18(19)28-20)30-8-6-15(7-9-30)29(2)3/h4-5,10-13,15,25-26,31H,6-9H2,1-3H3/b14-12-,25-22?. The summed E-state index contributed by atoms with van der Waals surface area (Å²) < 4.78 is 14.4. The van der Waals surface area contributed by atoms with Gasteiger partial charge in [-0.1, -0.05) is 0 Å². The Kier molecular flexibility index (Phi) is 5.73. The molecular weight excluding hydrogens is 395 g/mol. The van der Waals surface area contributed by atoms with Crippen molar-refractivity contribution >= 4 is 28.0 Å². The Morgan fingerprint density at radius 1 is 1.26 bits per heavy atom. The molecule has 0 amide bonds. The van der Waals surface area contributed by atoms with E-state index in [4.69, 9.17) is 5.41 Å². The van der Waals surface area contributed by atoms with Crippen molar-refractivity contribution in [2.24, 2.45) is 0 Å². The molecular formula is C23H27FN6O. The van der Waals surface area contributed by atoms with Gasteiger partial charge in [0.25, 0.3) is 0 Å². The molecule has 162 valence electrons. The zero-order chi connectivity index (χ0) is 22.1. The van der Waals surface area contributed by atoms with Gasteiger partial charge < -0.3 is 20.2 Å². The maximum Gasteiger partial charge on any atom is 0.190 e. The summed E-state index contributed by atoms with van der Waals surface area (Å²) in [5.74, 6) is -1.57. The number of anilines is 1. The number of aromatic nitrogens is 2. The lowest BCUT2D eigenvalue weighted by Crippen LogP contribution is -2.41. The number of rotatable bonds is 4. The predicted molar refractivity (Wildman–Crippen MR) is 122 cm³/mol. The molecule has 3 N–H and O–H groups in total. The number of aliphatic hydroxyl groups excluding tert-OH is 1. The van der Waals surface area contributed by atoms with Crippen LogP contribution in [0.5, 0.6) is 0 Å². The molecule has 0 bridgehead atoms. The highest BCUT2D eigenvalue weighted by Crippen LogP contribution is 2.32. The van der Waals surface area contributed by atoms with Crippen molar-refractivity contribution in [3.05, 3.63) is 59.5 Å². The topological polar surface area (TPSA) is 88.4 Å². The van der Waals surface area contributed by atoms with Crippen LogP contribution >= 0.6 is 0 Å². The highest BCUT2D eigenvalue weighted by Gasteiger charge is 2.26. The van der Waals surface area contributed by atoms with Crippen LogP contribution in [0, 0.1) is 5.41 Å². The van der Waals surface area contributed by atoms with Gasteiger partial charge in [0, 0.05) is 49.2 Å². The number of halogens is 1. The number of hydrogen-bond acceptors (Lipinski definition) is 7. The van der Waals surface area contributed by atoms with Crippen molar-refractivity contribution in [2.75, 3.05) is 39.1 Å². The zero-order valence-corrected chi connectivity index (χ0v) is 18.0. The fraction of sp³-hybridized carbons (Fsp3) is 0.348. The first-order valence-corrected chi connectivity index (χ1v) is 10.3. The smallest absolute Gasteiger partial charge is 0.190 e. The highest BCUT2D eigenvalue weighted by atomic mass is 19.1. The van der Waals surface area contributed by atoms with Crippen LogP contribution in [0.1, 0.15) is 18.5 Å². The molecule has 1 aromatic carbocycles. The first-order chi connectivity index (χ1) is 14.9. The molecule has 8 heteroatoms. The van der Waals surface area contributed by atoms with Crippen molar-refractivity contribution in [3.63, 3.8) is 0 Å². The molecule has 4 rings (SSSR count). The van der Waals surface area contributed by atoms with E-state index in [0.29, 0.717) is 22.8 Å². The fourth-order valence-electron chi connectivity index (χ4n) is 4.09. The number of allylic oxidation sites excluding steroid dienone is 4. The summed E-state index contributed by atoms with van der Waals surface area (Å²) in [4.78, 5) is 13.8. The average Bonchev–Trinajstić information content (AvgIpc) is 2.79. The first kappa shape index (κ1) is 21.0. The third-order valence-electron chi connectivity index (χ3n) is 5.93.